The van der Waals surface area contributed by atoms with Crippen LogP contribution in [0.3, 0.4) is 0 Å². The number of piperidine rings is 1. The molecule has 148 valence electrons. The molecule has 29 heavy (non-hydrogen) atoms. The molecule has 6 nitrogen and oxygen atoms in total. The fourth-order valence-corrected chi connectivity index (χ4v) is 4.76. The third-order valence-electron chi connectivity index (χ3n) is 5.40. The van der Waals surface area contributed by atoms with E-state index in [1.54, 1.807) is 11.3 Å². The van der Waals surface area contributed by atoms with Gasteiger partial charge in [0.15, 0.2) is 5.58 Å². The Morgan fingerprint density at radius 3 is 2.62 bits per heavy atom. The lowest BCUT2D eigenvalue weighted by molar-refractivity contribution is -0.125. The number of hydrogen-bond acceptors (Lipinski definition) is 6. The average Bonchev–Trinajstić information content (AvgIpc) is 3.37. The highest BCUT2D eigenvalue weighted by Gasteiger charge is 2.27. The lowest BCUT2D eigenvalue weighted by Gasteiger charge is -2.30. The van der Waals surface area contributed by atoms with Gasteiger partial charge in [-0.2, -0.15) is 4.98 Å². The van der Waals surface area contributed by atoms with Gasteiger partial charge in [0.2, 0.25) is 5.91 Å². The van der Waals surface area contributed by atoms with Crippen molar-refractivity contribution in [2.24, 2.45) is 5.92 Å². The number of hydrogen-bond donors (Lipinski definition) is 1. The molecular formula is C22H22N4O2S. The summed E-state index contributed by atoms with van der Waals surface area (Å²) in [5.74, 6) is 0.189. The average molecular weight is 407 g/mol. The van der Waals surface area contributed by atoms with E-state index in [2.05, 4.69) is 26.3 Å². The Hall–Kier alpha value is -2.93. The summed E-state index contributed by atoms with van der Waals surface area (Å²) in [6.45, 7) is 2.19. The van der Waals surface area contributed by atoms with Crippen molar-refractivity contribution in [3.8, 4) is 0 Å². The number of nitrogens with one attached hydrogen (secondary N) is 1. The number of carbonyl (C=O) groups excluding carboxylic acids is 1. The van der Waals surface area contributed by atoms with E-state index >= 15 is 0 Å². The topological polar surface area (TPSA) is 71.3 Å². The van der Waals surface area contributed by atoms with Crippen LogP contribution in [0.25, 0.3) is 21.3 Å². The van der Waals surface area contributed by atoms with Crippen molar-refractivity contribution < 1.29 is 9.21 Å². The number of anilines is 1. The van der Waals surface area contributed by atoms with Crippen molar-refractivity contribution in [2.45, 2.75) is 19.3 Å². The molecule has 2 aromatic carbocycles. The fourth-order valence-electron chi connectivity index (χ4n) is 3.79. The monoisotopic (exact) mass is 406 g/mol. The Bertz CT molecular complexity index is 1080. The Morgan fingerprint density at radius 2 is 1.83 bits per heavy atom. The van der Waals surface area contributed by atoms with E-state index in [1.807, 2.05) is 42.5 Å². The third-order valence-corrected chi connectivity index (χ3v) is 6.49. The van der Waals surface area contributed by atoms with Gasteiger partial charge in [0.1, 0.15) is 5.52 Å². The Morgan fingerprint density at radius 1 is 1.07 bits per heavy atom. The lowest BCUT2D eigenvalue weighted by Crippen LogP contribution is -2.41. The first-order valence-corrected chi connectivity index (χ1v) is 10.8. The molecule has 1 N–H and O–H groups in total. The van der Waals surface area contributed by atoms with Crippen LogP contribution in [0.2, 0.25) is 0 Å². The first-order chi connectivity index (χ1) is 14.3. The highest BCUT2D eigenvalue weighted by Crippen LogP contribution is 2.26. The number of benzene rings is 2. The normalized spacial score (nSPS) is 15.2. The third kappa shape index (κ3) is 3.82. The number of thiazole rings is 1. The van der Waals surface area contributed by atoms with Gasteiger partial charge >= 0.3 is 0 Å². The molecule has 4 aromatic rings. The maximum atomic E-state index is 12.6. The van der Waals surface area contributed by atoms with Crippen LogP contribution in [-0.2, 0) is 11.2 Å². The van der Waals surface area contributed by atoms with Gasteiger partial charge in [0.05, 0.1) is 15.2 Å². The molecule has 1 aliphatic heterocycles. The molecule has 3 heterocycles. The van der Waals surface area contributed by atoms with Crippen LogP contribution < -0.4 is 10.2 Å². The van der Waals surface area contributed by atoms with Crippen LogP contribution in [-0.4, -0.2) is 35.5 Å². The lowest BCUT2D eigenvalue weighted by atomic mass is 9.96. The molecule has 7 heteroatoms. The van der Waals surface area contributed by atoms with Crippen LogP contribution in [0.4, 0.5) is 6.01 Å². The molecule has 1 aliphatic rings. The van der Waals surface area contributed by atoms with Gasteiger partial charge in [0, 0.05) is 32.0 Å². The first-order valence-electron chi connectivity index (χ1n) is 9.99. The summed E-state index contributed by atoms with van der Waals surface area (Å²) >= 11 is 1.70. The van der Waals surface area contributed by atoms with Crippen molar-refractivity contribution in [3.63, 3.8) is 0 Å². The van der Waals surface area contributed by atoms with E-state index < -0.39 is 0 Å². The number of oxazole rings is 1. The number of amides is 1. The Kier molecular flexibility index (Phi) is 4.89. The van der Waals surface area contributed by atoms with Gasteiger partial charge in [-0.05, 0) is 37.1 Å². The van der Waals surface area contributed by atoms with E-state index in [0.717, 1.165) is 54.0 Å². The molecule has 0 radical (unpaired) electrons. The summed E-state index contributed by atoms with van der Waals surface area (Å²) in [4.78, 5) is 23.9. The number of rotatable bonds is 5. The maximum absolute atomic E-state index is 12.6. The molecule has 5 rings (SSSR count). The molecule has 0 atom stereocenters. The zero-order valence-corrected chi connectivity index (χ0v) is 16.8. The number of para-hydroxylation sites is 3. The molecule has 0 saturated carbocycles. The molecule has 0 unspecified atom stereocenters. The van der Waals surface area contributed by atoms with Crippen LogP contribution in [0.5, 0.6) is 0 Å². The summed E-state index contributed by atoms with van der Waals surface area (Å²) in [6, 6.07) is 16.6. The fraction of sp³-hybridized carbons (Fsp3) is 0.318. The summed E-state index contributed by atoms with van der Waals surface area (Å²) in [5, 5.41) is 4.16. The largest absolute Gasteiger partial charge is 0.423 e. The predicted molar refractivity (Wildman–Crippen MR) is 115 cm³/mol. The predicted octanol–water partition coefficient (Wildman–Crippen LogP) is 4.01. The Labute approximate surface area is 172 Å². The molecular weight excluding hydrogens is 384 g/mol. The van der Waals surface area contributed by atoms with E-state index in [4.69, 9.17) is 4.42 Å². The van der Waals surface area contributed by atoms with Gasteiger partial charge in [-0.15, -0.1) is 11.3 Å². The van der Waals surface area contributed by atoms with Crippen molar-refractivity contribution in [1.29, 1.82) is 0 Å². The van der Waals surface area contributed by atoms with Gasteiger partial charge in [-0.3, -0.25) is 4.79 Å². The minimum absolute atomic E-state index is 0.0472. The standard InChI is InChI=1S/C22H22N4O2S/c27-21(23-12-9-20-24-17-6-2-4-8-19(17)29-20)15-10-13-26(14-11-15)22-25-16-5-1-3-7-18(16)28-22/h1-8,15H,9-14H2,(H,23,27). The minimum Gasteiger partial charge on any atom is -0.423 e. The SMILES string of the molecule is O=C(NCCc1nc2ccccc2s1)C1CCN(c2nc3ccccc3o2)CC1. The molecule has 0 aliphatic carbocycles. The van der Waals surface area contributed by atoms with Crippen molar-refractivity contribution in [1.82, 2.24) is 15.3 Å². The summed E-state index contributed by atoms with van der Waals surface area (Å²) in [5.41, 5.74) is 2.71. The zero-order chi connectivity index (χ0) is 19.6. The van der Waals surface area contributed by atoms with Gasteiger partial charge < -0.3 is 14.6 Å². The van der Waals surface area contributed by atoms with E-state index in [1.165, 1.54) is 4.70 Å². The first kappa shape index (κ1) is 18.1. The van der Waals surface area contributed by atoms with Crippen molar-refractivity contribution in [2.75, 3.05) is 24.5 Å². The highest BCUT2D eigenvalue weighted by molar-refractivity contribution is 7.18. The van der Waals surface area contributed by atoms with Crippen molar-refractivity contribution in [3.05, 3.63) is 53.5 Å². The van der Waals surface area contributed by atoms with Gasteiger partial charge in [-0.25, -0.2) is 4.98 Å². The second kappa shape index (κ2) is 7.83. The van der Waals surface area contributed by atoms with Crippen LogP contribution in [0.15, 0.2) is 52.9 Å². The molecule has 1 fully saturated rings. The highest BCUT2D eigenvalue weighted by atomic mass is 32.1. The quantitative estimate of drug-likeness (QED) is 0.542. The number of carbonyl (C=O) groups is 1. The summed E-state index contributed by atoms with van der Waals surface area (Å²) in [7, 11) is 0. The summed E-state index contributed by atoms with van der Waals surface area (Å²) in [6.07, 6.45) is 2.39. The molecule has 1 saturated heterocycles. The number of fused-ring (bicyclic) bond motifs is 2. The molecule has 0 bridgehead atoms. The van der Waals surface area contributed by atoms with Crippen LogP contribution in [0, 0.1) is 5.92 Å². The number of aromatic nitrogens is 2. The smallest absolute Gasteiger partial charge is 0.298 e. The maximum Gasteiger partial charge on any atom is 0.298 e. The zero-order valence-electron chi connectivity index (χ0n) is 16.0. The number of nitrogens with zero attached hydrogens (tertiary/aromatic N) is 3. The molecule has 2 aromatic heterocycles. The second-order valence-corrected chi connectivity index (χ2v) is 8.46. The van der Waals surface area contributed by atoms with Crippen molar-refractivity contribution >= 4 is 44.6 Å². The van der Waals surface area contributed by atoms with Gasteiger partial charge in [-0.1, -0.05) is 24.3 Å². The molecule has 0 spiro atoms. The van der Waals surface area contributed by atoms with E-state index in [-0.39, 0.29) is 11.8 Å². The molecule has 1 amide bonds. The Balaban J connectivity index is 1.12. The second-order valence-electron chi connectivity index (χ2n) is 7.34. The van der Waals surface area contributed by atoms with E-state index in [0.29, 0.717) is 12.6 Å². The summed E-state index contributed by atoms with van der Waals surface area (Å²) < 4.78 is 7.05. The van der Waals surface area contributed by atoms with Crippen LogP contribution >= 0.6 is 11.3 Å². The van der Waals surface area contributed by atoms with E-state index in [9.17, 15) is 4.79 Å². The van der Waals surface area contributed by atoms with Gasteiger partial charge in [0.25, 0.3) is 6.01 Å². The van der Waals surface area contributed by atoms with Crippen LogP contribution in [0.1, 0.15) is 17.8 Å². The minimum atomic E-state index is 0.0472.